The van der Waals surface area contributed by atoms with E-state index in [-0.39, 0.29) is 5.92 Å². The molecule has 0 fully saturated rings. The summed E-state index contributed by atoms with van der Waals surface area (Å²) < 4.78 is 1.88. The van der Waals surface area contributed by atoms with Gasteiger partial charge in [0.05, 0.1) is 11.6 Å². The lowest BCUT2D eigenvalue weighted by molar-refractivity contribution is -0.141. The van der Waals surface area contributed by atoms with Gasteiger partial charge in [0.1, 0.15) is 0 Å². The number of carboxylic acids is 1. The van der Waals surface area contributed by atoms with Crippen molar-refractivity contribution in [1.29, 1.82) is 0 Å². The second-order valence-electron chi connectivity index (χ2n) is 3.54. The molecule has 1 unspecified atom stereocenters. The summed E-state index contributed by atoms with van der Waals surface area (Å²) in [5, 5.41) is 13.0. The van der Waals surface area contributed by atoms with Crippen LogP contribution in [0.25, 0.3) is 0 Å². The summed E-state index contributed by atoms with van der Waals surface area (Å²) in [6, 6.07) is 1.95. The summed E-state index contributed by atoms with van der Waals surface area (Å²) in [4.78, 5) is 10.6. The SMILES string of the molecule is CCn1nc(CC(C)C(=O)O)cc1C. The molecule has 14 heavy (non-hydrogen) atoms. The van der Waals surface area contributed by atoms with Crippen molar-refractivity contribution in [2.24, 2.45) is 5.92 Å². The van der Waals surface area contributed by atoms with Crippen LogP contribution in [-0.2, 0) is 17.8 Å². The Kier molecular flexibility index (Phi) is 3.28. The van der Waals surface area contributed by atoms with Gasteiger partial charge in [-0.3, -0.25) is 9.48 Å². The lowest BCUT2D eigenvalue weighted by atomic mass is 10.1. The van der Waals surface area contributed by atoms with Gasteiger partial charge in [-0.1, -0.05) is 6.92 Å². The standard InChI is InChI=1S/C10H16N2O2/c1-4-12-8(3)6-9(11-12)5-7(2)10(13)14/h6-7H,4-5H2,1-3H3,(H,13,14). The molecule has 4 heteroatoms. The smallest absolute Gasteiger partial charge is 0.306 e. The van der Waals surface area contributed by atoms with Gasteiger partial charge in [0, 0.05) is 18.7 Å². The maximum Gasteiger partial charge on any atom is 0.306 e. The van der Waals surface area contributed by atoms with Crippen LogP contribution in [0.2, 0.25) is 0 Å². The summed E-state index contributed by atoms with van der Waals surface area (Å²) >= 11 is 0. The van der Waals surface area contributed by atoms with Crippen LogP contribution in [-0.4, -0.2) is 20.9 Å². The number of rotatable bonds is 4. The second-order valence-corrected chi connectivity index (χ2v) is 3.54. The molecule has 78 valence electrons. The molecule has 0 aliphatic rings. The normalized spacial score (nSPS) is 12.8. The molecule has 1 aromatic heterocycles. The average molecular weight is 196 g/mol. The fraction of sp³-hybridized carbons (Fsp3) is 0.600. The Balaban J connectivity index is 2.72. The van der Waals surface area contributed by atoms with Crippen LogP contribution in [0.5, 0.6) is 0 Å². The highest BCUT2D eigenvalue weighted by molar-refractivity contribution is 5.69. The van der Waals surface area contributed by atoms with E-state index in [4.69, 9.17) is 5.11 Å². The lowest BCUT2D eigenvalue weighted by Crippen LogP contribution is -2.12. The number of aliphatic carboxylic acids is 1. The number of hydrogen-bond donors (Lipinski definition) is 1. The van der Waals surface area contributed by atoms with E-state index in [1.165, 1.54) is 0 Å². The van der Waals surface area contributed by atoms with E-state index in [1.54, 1.807) is 6.92 Å². The first-order chi connectivity index (χ1) is 6.54. The predicted octanol–water partition coefficient (Wildman–Crippen LogP) is 1.47. The fourth-order valence-corrected chi connectivity index (χ4v) is 1.40. The zero-order chi connectivity index (χ0) is 10.7. The molecule has 0 aliphatic heterocycles. The van der Waals surface area contributed by atoms with Crippen LogP contribution in [0.1, 0.15) is 25.2 Å². The van der Waals surface area contributed by atoms with Gasteiger partial charge in [-0.25, -0.2) is 0 Å². The van der Waals surface area contributed by atoms with Gasteiger partial charge in [-0.05, 0) is 19.9 Å². The number of aryl methyl sites for hydroxylation is 2. The summed E-state index contributed by atoms with van der Waals surface area (Å²) in [6.07, 6.45) is 0.503. The number of nitrogens with zero attached hydrogens (tertiary/aromatic N) is 2. The Morgan fingerprint density at radius 1 is 1.71 bits per heavy atom. The summed E-state index contributed by atoms with van der Waals surface area (Å²) in [5.41, 5.74) is 1.94. The molecule has 0 aromatic carbocycles. The van der Waals surface area contributed by atoms with Crippen molar-refractivity contribution in [3.05, 3.63) is 17.5 Å². The summed E-state index contributed by atoms with van der Waals surface area (Å²) in [6.45, 7) is 6.52. The highest BCUT2D eigenvalue weighted by atomic mass is 16.4. The van der Waals surface area contributed by atoms with Crippen molar-refractivity contribution in [3.63, 3.8) is 0 Å². The fourth-order valence-electron chi connectivity index (χ4n) is 1.40. The van der Waals surface area contributed by atoms with Crippen LogP contribution in [0.4, 0.5) is 0 Å². The first kappa shape index (κ1) is 10.8. The van der Waals surface area contributed by atoms with Crippen LogP contribution in [0.15, 0.2) is 6.07 Å². The maximum atomic E-state index is 10.6. The molecule has 4 nitrogen and oxygen atoms in total. The molecule has 0 bridgehead atoms. The van der Waals surface area contributed by atoms with Gasteiger partial charge >= 0.3 is 5.97 Å². The minimum Gasteiger partial charge on any atom is -0.481 e. The third kappa shape index (κ3) is 2.34. The average Bonchev–Trinajstić information content (AvgIpc) is 2.45. The van der Waals surface area contributed by atoms with Gasteiger partial charge in [-0.2, -0.15) is 5.10 Å². The molecule has 0 saturated heterocycles. The van der Waals surface area contributed by atoms with Crippen molar-refractivity contribution in [3.8, 4) is 0 Å². The zero-order valence-corrected chi connectivity index (χ0v) is 8.82. The molecule has 0 amide bonds. The number of carboxylic acid groups (broad SMARTS) is 1. The lowest BCUT2D eigenvalue weighted by Gasteiger charge is -2.02. The number of carbonyl (C=O) groups is 1. The molecule has 1 rings (SSSR count). The molecule has 0 spiro atoms. The quantitative estimate of drug-likeness (QED) is 0.793. The summed E-state index contributed by atoms with van der Waals surface area (Å²) in [5.74, 6) is -1.14. The third-order valence-electron chi connectivity index (χ3n) is 2.27. The van der Waals surface area contributed by atoms with Gasteiger partial charge in [-0.15, -0.1) is 0 Å². The van der Waals surface area contributed by atoms with Crippen LogP contribution in [0, 0.1) is 12.8 Å². The van der Waals surface area contributed by atoms with Crippen molar-refractivity contribution >= 4 is 5.97 Å². The van der Waals surface area contributed by atoms with E-state index in [9.17, 15) is 4.79 Å². The van der Waals surface area contributed by atoms with E-state index >= 15 is 0 Å². The van der Waals surface area contributed by atoms with Crippen molar-refractivity contribution in [2.75, 3.05) is 0 Å². The van der Waals surface area contributed by atoms with Crippen LogP contribution in [0.3, 0.4) is 0 Å². The third-order valence-corrected chi connectivity index (χ3v) is 2.27. The van der Waals surface area contributed by atoms with Gasteiger partial charge in [0.2, 0.25) is 0 Å². The molecule has 0 aliphatic carbocycles. The van der Waals surface area contributed by atoms with E-state index in [1.807, 2.05) is 24.6 Å². The summed E-state index contributed by atoms with van der Waals surface area (Å²) in [7, 11) is 0. The van der Waals surface area contributed by atoms with Gasteiger partial charge < -0.3 is 5.11 Å². The Morgan fingerprint density at radius 2 is 2.36 bits per heavy atom. The largest absolute Gasteiger partial charge is 0.481 e. The second kappa shape index (κ2) is 4.26. The van der Waals surface area contributed by atoms with Crippen molar-refractivity contribution in [1.82, 2.24) is 9.78 Å². The topological polar surface area (TPSA) is 55.1 Å². The van der Waals surface area contributed by atoms with Crippen LogP contribution >= 0.6 is 0 Å². The molecule has 1 N–H and O–H groups in total. The number of aromatic nitrogens is 2. The van der Waals surface area contributed by atoms with Crippen molar-refractivity contribution in [2.45, 2.75) is 33.7 Å². The molecular weight excluding hydrogens is 180 g/mol. The zero-order valence-electron chi connectivity index (χ0n) is 8.82. The Hall–Kier alpha value is -1.32. The van der Waals surface area contributed by atoms with E-state index in [0.717, 1.165) is 17.9 Å². The Morgan fingerprint density at radius 3 is 2.79 bits per heavy atom. The molecule has 1 heterocycles. The minimum atomic E-state index is -0.770. The minimum absolute atomic E-state index is 0.366. The van der Waals surface area contributed by atoms with Crippen molar-refractivity contribution < 1.29 is 9.90 Å². The molecule has 1 atom stereocenters. The predicted molar refractivity (Wildman–Crippen MR) is 53.1 cm³/mol. The first-order valence-electron chi connectivity index (χ1n) is 4.80. The van der Waals surface area contributed by atoms with Crippen LogP contribution < -0.4 is 0 Å². The highest BCUT2D eigenvalue weighted by Gasteiger charge is 2.13. The molecule has 0 saturated carbocycles. The number of hydrogen-bond acceptors (Lipinski definition) is 2. The Bertz CT molecular complexity index is 331. The highest BCUT2D eigenvalue weighted by Crippen LogP contribution is 2.09. The first-order valence-corrected chi connectivity index (χ1v) is 4.80. The molecule has 1 aromatic rings. The van der Waals surface area contributed by atoms with E-state index in [0.29, 0.717) is 6.42 Å². The Labute approximate surface area is 83.5 Å². The van der Waals surface area contributed by atoms with Gasteiger partial charge in [0.15, 0.2) is 0 Å². The maximum absolute atomic E-state index is 10.6. The monoisotopic (exact) mass is 196 g/mol. The molecular formula is C10H16N2O2. The van der Waals surface area contributed by atoms with E-state index in [2.05, 4.69) is 5.10 Å². The van der Waals surface area contributed by atoms with E-state index < -0.39 is 5.97 Å². The molecule has 0 radical (unpaired) electrons. The van der Waals surface area contributed by atoms with Gasteiger partial charge in [0.25, 0.3) is 0 Å².